The van der Waals surface area contributed by atoms with Gasteiger partial charge in [0.15, 0.2) is 0 Å². The lowest BCUT2D eigenvalue weighted by Gasteiger charge is -2.27. The van der Waals surface area contributed by atoms with E-state index in [9.17, 15) is 0 Å². The molecule has 2 rings (SSSR count). The molecule has 1 N–H and O–H groups in total. The Bertz CT molecular complexity index is 398. The average molecular weight is 291 g/mol. The van der Waals surface area contributed by atoms with Gasteiger partial charge >= 0.3 is 0 Å². The fourth-order valence-electron chi connectivity index (χ4n) is 2.76. The Morgan fingerprint density at radius 3 is 2.71 bits per heavy atom. The molecular formula is C18H29NO2. The van der Waals surface area contributed by atoms with E-state index in [2.05, 4.69) is 50.4 Å². The van der Waals surface area contributed by atoms with Crippen molar-refractivity contribution in [2.24, 2.45) is 0 Å². The van der Waals surface area contributed by atoms with Gasteiger partial charge in [0.2, 0.25) is 0 Å². The molecule has 0 spiro atoms. The molecule has 3 unspecified atom stereocenters. The van der Waals surface area contributed by atoms with Crippen molar-refractivity contribution < 1.29 is 9.47 Å². The van der Waals surface area contributed by atoms with Crippen LogP contribution in [0.25, 0.3) is 0 Å². The number of nitrogens with one attached hydrogen (secondary N) is 1. The molecule has 3 atom stereocenters. The summed E-state index contributed by atoms with van der Waals surface area (Å²) in [5, 5.41) is 3.61. The maximum atomic E-state index is 6.08. The minimum Gasteiger partial charge on any atom is -0.376 e. The molecule has 1 aliphatic heterocycles. The van der Waals surface area contributed by atoms with Gasteiger partial charge in [-0.25, -0.2) is 0 Å². The summed E-state index contributed by atoms with van der Waals surface area (Å²) in [6.07, 6.45) is 3.85. The Hall–Kier alpha value is -0.900. The molecular weight excluding hydrogens is 262 g/mol. The number of aryl methyl sites for hydroxylation is 1. The van der Waals surface area contributed by atoms with E-state index in [0.717, 1.165) is 32.4 Å². The molecule has 1 aromatic rings. The predicted molar refractivity (Wildman–Crippen MR) is 86.6 cm³/mol. The van der Waals surface area contributed by atoms with Crippen LogP contribution < -0.4 is 5.32 Å². The monoisotopic (exact) mass is 291 g/mol. The highest BCUT2D eigenvalue weighted by molar-refractivity contribution is 5.24. The standard InChI is InChI=1S/C18H29NO2/c1-4-11-19-18(16-9-7-14(2)8-10-16)15(3)21-13-17-6-5-12-20-17/h7-10,15,17-19H,4-6,11-13H2,1-3H3. The predicted octanol–water partition coefficient (Wildman–Crippen LogP) is 3.62. The van der Waals surface area contributed by atoms with E-state index in [1.54, 1.807) is 0 Å². The fraction of sp³-hybridized carbons (Fsp3) is 0.667. The Labute approximate surface area is 129 Å². The third-order valence-corrected chi connectivity index (χ3v) is 4.09. The van der Waals surface area contributed by atoms with Crippen molar-refractivity contribution in [3.05, 3.63) is 35.4 Å². The lowest BCUT2D eigenvalue weighted by Crippen LogP contribution is -2.34. The second kappa shape index (κ2) is 8.52. The second-order valence-electron chi connectivity index (χ2n) is 6.02. The number of hydrogen-bond acceptors (Lipinski definition) is 3. The van der Waals surface area contributed by atoms with E-state index < -0.39 is 0 Å². The van der Waals surface area contributed by atoms with Gasteiger partial charge in [0.05, 0.1) is 24.9 Å². The van der Waals surface area contributed by atoms with Crippen molar-refractivity contribution in [1.29, 1.82) is 0 Å². The number of ether oxygens (including phenoxy) is 2. The molecule has 0 saturated carbocycles. The van der Waals surface area contributed by atoms with Crippen LogP contribution in [0.3, 0.4) is 0 Å². The largest absolute Gasteiger partial charge is 0.376 e. The van der Waals surface area contributed by atoms with E-state index in [-0.39, 0.29) is 18.2 Å². The van der Waals surface area contributed by atoms with Gasteiger partial charge in [0.25, 0.3) is 0 Å². The Kier molecular flexibility index (Phi) is 6.68. The number of benzene rings is 1. The van der Waals surface area contributed by atoms with Crippen molar-refractivity contribution in [3.63, 3.8) is 0 Å². The molecule has 1 aliphatic rings. The van der Waals surface area contributed by atoms with Crippen LogP contribution in [0.5, 0.6) is 0 Å². The van der Waals surface area contributed by atoms with E-state index in [1.165, 1.54) is 11.1 Å². The van der Waals surface area contributed by atoms with Crippen LogP contribution in [0, 0.1) is 6.92 Å². The van der Waals surface area contributed by atoms with Crippen LogP contribution in [0.15, 0.2) is 24.3 Å². The highest BCUT2D eigenvalue weighted by atomic mass is 16.5. The third-order valence-electron chi connectivity index (χ3n) is 4.09. The normalized spacial score (nSPS) is 21.4. The summed E-state index contributed by atoms with van der Waals surface area (Å²) in [4.78, 5) is 0. The average Bonchev–Trinajstić information content (AvgIpc) is 3.00. The van der Waals surface area contributed by atoms with Crippen LogP contribution in [0.1, 0.15) is 50.3 Å². The van der Waals surface area contributed by atoms with Gasteiger partial charge in [0, 0.05) is 6.61 Å². The molecule has 3 heteroatoms. The minimum atomic E-state index is 0.142. The van der Waals surface area contributed by atoms with Crippen molar-refractivity contribution >= 4 is 0 Å². The smallest absolute Gasteiger partial charge is 0.0809 e. The summed E-state index contributed by atoms with van der Waals surface area (Å²) in [7, 11) is 0. The Morgan fingerprint density at radius 1 is 1.33 bits per heavy atom. The maximum absolute atomic E-state index is 6.08. The molecule has 1 aromatic carbocycles. The van der Waals surface area contributed by atoms with Crippen LogP contribution >= 0.6 is 0 Å². The topological polar surface area (TPSA) is 30.5 Å². The molecule has 1 heterocycles. The van der Waals surface area contributed by atoms with Gasteiger partial charge in [-0.15, -0.1) is 0 Å². The molecule has 1 saturated heterocycles. The lowest BCUT2D eigenvalue weighted by molar-refractivity contribution is -0.0269. The highest BCUT2D eigenvalue weighted by Gasteiger charge is 2.22. The van der Waals surface area contributed by atoms with Crippen molar-refractivity contribution in [3.8, 4) is 0 Å². The second-order valence-corrected chi connectivity index (χ2v) is 6.02. The van der Waals surface area contributed by atoms with E-state index in [0.29, 0.717) is 6.61 Å². The molecule has 0 bridgehead atoms. The highest BCUT2D eigenvalue weighted by Crippen LogP contribution is 2.21. The molecule has 0 aliphatic carbocycles. The van der Waals surface area contributed by atoms with Gasteiger partial charge in [-0.2, -0.15) is 0 Å². The first kappa shape index (κ1) is 16.5. The minimum absolute atomic E-state index is 0.142. The zero-order chi connectivity index (χ0) is 15.1. The van der Waals surface area contributed by atoms with Crippen LogP contribution in [0.2, 0.25) is 0 Å². The summed E-state index contributed by atoms with van der Waals surface area (Å²) >= 11 is 0. The van der Waals surface area contributed by atoms with Gasteiger partial charge in [-0.3, -0.25) is 0 Å². The summed E-state index contributed by atoms with van der Waals surface area (Å²) in [6.45, 7) is 9.07. The molecule has 3 nitrogen and oxygen atoms in total. The fourth-order valence-corrected chi connectivity index (χ4v) is 2.76. The molecule has 0 aromatic heterocycles. The third kappa shape index (κ3) is 5.10. The van der Waals surface area contributed by atoms with Crippen LogP contribution in [-0.2, 0) is 9.47 Å². The van der Waals surface area contributed by atoms with Gasteiger partial charge in [-0.1, -0.05) is 36.8 Å². The van der Waals surface area contributed by atoms with Gasteiger partial charge in [0.1, 0.15) is 0 Å². The SMILES string of the molecule is CCCNC(c1ccc(C)cc1)C(C)OCC1CCCO1. The number of hydrogen-bond donors (Lipinski definition) is 1. The first-order valence-corrected chi connectivity index (χ1v) is 8.24. The molecule has 0 radical (unpaired) electrons. The molecule has 118 valence electrons. The summed E-state index contributed by atoms with van der Waals surface area (Å²) in [6, 6.07) is 8.99. The quantitative estimate of drug-likeness (QED) is 0.793. The first-order chi connectivity index (χ1) is 10.2. The molecule has 21 heavy (non-hydrogen) atoms. The first-order valence-electron chi connectivity index (χ1n) is 8.24. The zero-order valence-electron chi connectivity index (χ0n) is 13.6. The molecule has 0 amide bonds. The van der Waals surface area contributed by atoms with Crippen molar-refractivity contribution in [2.75, 3.05) is 19.8 Å². The van der Waals surface area contributed by atoms with E-state index >= 15 is 0 Å². The van der Waals surface area contributed by atoms with Crippen LogP contribution in [0.4, 0.5) is 0 Å². The Balaban J connectivity index is 1.94. The van der Waals surface area contributed by atoms with E-state index in [1.807, 2.05) is 0 Å². The molecule has 1 fully saturated rings. The van der Waals surface area contributed by atoms with Gasteiger partial charge in [-0.05, 0) is 45.2 Å². The van der Waals surface area contributed by atoms with Crippen molar-refractivity contribution in [1.82, 2.24) is 5.32 Å². The van der Waals surface area contributed by atoms with Crippen molar-refractivity contribution in [2.45, 2.75) is 58.3 Å². The number of rotatable bonds is 8. The Morgan fingerprint density at radius 2 is 2.10 bits per heavy atom. The van der Waals surface area contributed by atoms with Crippen LogP contribution in [-0.4, -0.2) is 32.0 Å². The zero-order valence-corrected chi connectivity index (χ0v) is 13.6. The maximum Gasteiger partial charge on any atom is 0.0809 e. The van der Waals surface area contributed by atoms with E-state index in [4.69, 9.17) is 9.47 Å². The van der Waals surface area contributed by atoms with Gasteiger partial charge < -0.3 is 14.8 Å². The summed E-state index contributed by atoms with van der Waals surface area (Å²) in [5.74, 6) is 0. The summed E-state index contributed by atoms with van der Waals surface area (Å²) < 4.78 is 11.7. The lowest BCUT2D eigenvalue weighted by atomic mass is 10.0. The summed E-state index contributed by atoms with van der Waals surface area (Å²) in [5.41, 5.74) is 2.59.